The maximum atomic E-state index is 11.6. The van der Waals surface area contributed by atoms with Gasteiger partial charge < -0.3 is 5.32 Å². The lowest BCUT2D eigenvalue weighted by atomic mass is 10.1. The number of carbonyl (C=O) groups excluding carboxylic acids is 1. The van der Waals surface area contributed by atoms with Crippen molar-refractivity contribution in [2.75, 3.05) is 0 Å². The molecule has 0 spiro atoms. The molecule has 0 saturated carbocycles. The van der Waals surface area contributed by atoms with Crippen LogP contribution in [0.1, 0.15) is 31.9 Å². The molecule has 0 aliphatic heterocycles. The Morgan fingerprint density at radius 2 is 2.15 bits per heavy atom. The quantitative estimate of drug-likeness (QED) is 0.849. The zero-order valence-corrected chi connectivity index (χ0v) is 11.7. The molecule has 0 aliphatic rings. The third kappa shape index (κ3) is 3.54. The summed E-state index contributed by atoms with van der Waals surface area (Å²) in [6.07, 6.45) is 7.41. The van der Waals surface area contributed by atoms with Gasteiger partial charge in [0.2, 0.25) is 5.91 Å². The lowest BCUT2D eigenvalue weighted by molar-refractivity contribution is -0.117. The molecule has 0 radical (unpaired) electrons. The molecule has 1 aromatic carbocycles. The first-order valence-electron chi connectivity index (χ1n) is 6.62. The number of hydrogen-bond acceptors (Lipinski definition) is 3. The highest BCUT2D eigenvalue weighted by atomic mass is 16.1. The van der Waals surface area contributed by atoms with Gasteiger partial charge in [0.1, 0.15) is 12.7 Å². The van der Waals surface area contributed by atoms with Crippen LogP contribution in [0.5, 0.6) is 0 Å². The van der Waals surface area contributed by atoms with Gasteiger partial charge in [0.25, 0.3) is 0 Å². The number of benzene rings is 1. The molecule has 0 fully saturated rings. The van der Waals surface area contributed by atoms with E-state index in [2.05, 4.69) is 15.4 Å². The van der Waals surface area contributed by atoms with Crippen molar-refractivity contribution in [1.29, 1.82) is 0 Å². The van der Waals surface area contributed by atoms with Crippen molar-refractivity contribution in [3.63, 3.8) is 0 Å². The van der Waals surface area contributed by atoms with Gasteiger partial charge in [-0.3, -0.25) is 4.79 Å². The summed E-state index contributed by atoms with van der Waals surface area (Å²) in [5.41, 5.74) is 1.99. The predicted molar refractivity (Wildman–Crippen MR) is 77.3 cm³/mol. The number of aromatic nitrogens is 3. The van der Waals surface area contributed by atoms with Gasteiger partial charge in [0.15, 0.2) is 0 Å². The number of rotatable bonds is 5. The van der Waals surface area contributed by atoms with E-state index in [-0.39, 0.29) is 11.9 Å². The first kappa shape index (κ1) is 14.0. The largest absolute Gasteiger partial charge is 0.346 e. The maximum Gasteiger partial charge on any atom is 0.244 e. The van der Waals surface area contributed by atoms with Gasteiger partial charge in [-0.15, -0.1) is 0 Å². The van der Waals surface area contributed by atoms with Crippen molar-refractivity contribution in [1.82, 2.24) is 20.1 Å². The standard InChI is InChI=1S/C15H18N4O/c1-3-4-5-15(20)18-12(2)13-6-8-14(9-7-13)19-11-16-10-17-19/h4-12H,3H2,1-2H3,(H,18,20)/b5-4+/t12-/m1/s1. The number of amides is 1. The average Bonchev–Trinajstić information content (AvgIpc) is 2.99. The normalized spacial score (nSPS) is 12.5. The molecular formula is C15H18N4O. The van der Waals surface area contributed by atoms with E-state index in [1.54, 1.807) is 17.1 Å². The van der Waals surface area contributed by atoms with Gasteiger partial charge in [-0.2, -0.15) is 5.10 Å². The van der Waals surface area contributed by atoms with Crippen LogP contribution in [0.15, 0.2) is 49.1 Å². The zero-order valence-electron chi connectivity index (χ0n) is 11.7. The fourth-order valence-electron chi connectivity index (χ4n) is 1.83. The number of hydrogen-bond donors (Lipinski definition) is 1. The van der Waals surface area contributed by atoms with E-state index >= 15 is 0 Å². The second kappa shape index (κ2) is 6.65. The Hall–Kier alpha value is -2.43. The molecule has 0 unspecified atom stereocenters. The third-order valence-electron chi connectivity index (χ3n) is 2.94. The summed E-state index contributed by atoms with van der Waals surface area (Å²) < 4.78 is 1.69. The average molecular weight is 270 g/mol. The molecule has 1 atom stereocenters. The summed E-state index contributed by atoms with van der Waals surface area (Å²) in [7, 11) is 0. The predicted octanol–water partition coefficient (Wildman–Crippen LogP) is 2.41. The van der Waals surface area contributed by atoms with Gasteiger partial charge in [-0.1, -0.05) is 25.1 Å². The van der Waals surface area contributed by atoms with Gasteiger partial charge in [0, 0.05) is 0 Å². The van der Waals surface area contributed by atoms with Crippen molar-refractivity contribution >= 4 is 5.91 Å². The second-order valence-corrected chi connectivity index (χ2v) is 4.47. The summed E-state index contributed by atoms with van der Waals surface area (Å²) in [6, 6.07) is 7.83. The molecule has 5 nitrogen and oxygen atoms in total. The van der Waals surface area contributed by atoms with Crippen molar-refractivity contribution in [2.45, 2.75) is 26.3 Å². The van der Waals surface area contributed by atoms with Crippen molar-refractivity contribution in [3.8, 4) is 5.69 Å². The third-order valence-corrected chi connectivity index (χ3v) is 2.94. The minimum atomic E-state index is -0.0697. The molecule has 20 heavy (non-hydrogen) atoms. The van der Waals surface area contributed by atoms with E-state index in [9.17, 15) is 4.79 Å². The summed E-state index contributed by atoms with van der Waals surface area (Å²) in [5.74, 6) is -0.0697. The number of allylic oxidation sites excluding steroid dienone is 1. The molecule has 0 aliphatic carbocycles. The Bertz CT molecular complexity index is 572. The van der Waals surface area contributed by atoms with Crippen LogP contribution in [0.4, 0.5) is 0 Å². The summed E-state index contributed by atoms with van der Waals surface area (Å²) >= 11 is 0. The summed E-state index contributed by atoms with van der Waals surface area (Å²) in [6.45, 7) is 3.96. The lowest BCUT2D eigenvalue weighted by Crippen LogP contribution is -2.24. The van der Waals surface area contributed by atoms with Crippen LogP contribution in [0, 0.1) is 0 Å². The number of nitrogens with one attached hydrogen (secondary N) is 1. The summed E-state index contributed by atoms with van der Waals surface area (Å²) in [4.78, 5) is 15.5. The molecule has 1 aromatic heterocycles. The van der Waals surface area contributed by atoms with Crippen LogP contribution < -0.4 is 5.32 Å². The molecule has 2 aromatic rings. The van der Waals surface area contributed by atoms with Crippen molar-refractivity contribution in [3.05, 3.63) is 54.6 Å². The molecule has 5 heteroatoms. The van der Waals surface area contributed by atoms with E-state index in [4.69, 9.17) is 0 Å². The fraction of sp³-hybridized carbons (Fsp3) is 0.267. The molecule has 0 saturated heterocycles. The minimum Gasteiger partial charge on any atom is -0.346 e. The monoisotopic (exact) mass is 270 g/mol. The Labute approximate surface area is 118 Å². The van der Waals surface area contributed by atoms with E-state index in [0.29, 0.717) is 0 Å². The van der Waals surface area contributed by atoms with Crippen LogP contribution in [-0.4, -0.2) is 20.7 Å². The topological polar surface area (TPSA) is 59.8 Å². The Balaban J connectivity index is 2.02. The summed E-state index contributed by atoms with van der Waals surface area (Å²) in [5, 5.41) is 6.99. The van der Waals surface area contributed by atoms with Gasteiger partial charge in [0.05, 0.1) is 11.7 Å². The van der Waals surface area contributed by atoms with Crippen molar-refractivity contribution in [2.24, 2.45) is 0 Å². The first-order chi connectivity index (χ1) is 9.70. The van der Waals surface area contributed by atoms with E-state index in [0.717, 1.165) is 17.7 Å². The van der Waals surface area contributed by atoms with Crippen LogP contribution in [0.25, 0.3) is 5.69 Å². The Morgan fingerprint density at radius 1 is 1.40 bits per heavy atom. The van der Waals surface area contributed by atoms with Crippen LogP contribution in [0.3, 0.4) is 0 Å². The van der Waals surface area contributed by atoms with Gasteiger partial charge in [-0.05, 0) is 37.1 Å². The lowest BCUT2D eigenvalue weighted by Gasteiger charge is -2.13. The molecule has 1 heterocycles. The molecule has 2 rings (SSSR count). The highest BCUT2D eigenvalue weighted by Crippen LogP contribution is 2.15. The molecule has 104 valence electrons. The van der Waals surface area contributed by atoms with Crippen LogP contribution in [0.2, 0.25) is 0 Å². The zero-order chi connectivity index (χ0) is 14.4. The van der Waals surface area contributed by atoms with Gasteiger partial charge in [-0.25, -0.2) is 9.67 Å². The van der Waals surface area contributed by atoms with E-state index in [1.807, 2.05) is 44.2 Å². The molecule has 1 amide bonds. The number of carbonyl (C=O) groups is 1. The van der Waals surface area contributed by atoms with E-state index < -0.39 is 0 Å². The highest BCUT2D eigenvalue weighted by molar-refractivity contribution is 5.87. The smallest absolute Gasteiger partial charge is 0.244 e. The molecule has 0 bridgehead atoms. The van der Waals surface area contributed by atoms with E-state index in [1.165, 1.54) is 6.33 Å². The molecular weight excluding hydrogens is 252 g/mol. The Morgan fingerprint density at radius 3 is 2.75 bits per heavy atom. The molecule has 1 N–H and O–H groups in total. The SMILES string of the molecule is CC/C=C/C(=O)N[C@H](C)c1ccc(-n2cncn2)cc1. The number of nitrogens with zero attached hydrogens (tertiary/aromatic N) is 3. The first-order valence-corrected chi connectivity index (χ1v) is 6.62. The minimum absolute atomic E-state index is 0.0335. The fourth-order valence-corrected chi connectivity index (χ4v) is 1.83. The van der Waals surface area contributed by atoms with Crippen LogP contribution in [-0.2, 0) is 4.79 Å². The highest BCUT2D eigenvalue weighted by Gasteiger charge is 2.07. The van der Waals surface area contributed by atoms with Gasteiger partial charge >= 0.3 is 0 Å². The van der Waals surface area contributed by atoms with Crippen LogP contribution >= 0.6 is 0 Å². The second-order valence-electron chi connectivity index (χ2n) is 4.47. The van der Waals surface area contributed by atoms with Crippen molar-refractivity contribution < 1.29 is 4.79 Å². The maximum absolute atomic E-state index is 11.6. The Kier molecular flexibility index (Phi) is 4.65.